The van der Waals surface area contributed by atoms with Crippen molar-refractivity contribution < 1.29 is 25.3 Å². The van der Waals surface area contributed by atoms with Crippen molar-refractivity contribution in [1.29, 1.82) is 0 Å². The summed E-state index contributed by atoms with van der Waals surface area (Å²) < 4.78 is 0. The number of hydrogen-bond donors (Lipinski definition) is 2. The summed E-state index contributed by atoms with van der Waals surface area (Å²) in [6.45, 7) is 0.722. The third-order valence-electron chi connectivity index (χ3n) is 0. The van der Waals surface area contributed by atoms with Gasteiger partial charge in [0.2, 0.25) is 0 Å². The zero-order valence-corrected chi connectivity index (χ0v) is 5.25. The molecule has 0 unspecified atom stereocenters. The number of rotatable bonds is 0. The van der Waals surface area contributed by atoms with E-state index in [1.165, 1.54) is 0 Å². The van der Waals surface area contributed by atoms with E-state index in [0.29, 0.717) is 0 Å². The molecule has 0 atom stereocenters. The van der Waals surface area contributed by atoms with Crippen LogP contribution in [-0.4, -0.2) is 23.0 Å². The van der Waals surface area contributed by atoms with E-state index in [1.54, 1.807) is 0 Å². The highest BCUT2D eigenvalue weighted by Crippen LogP contribution is 1.31. The Hall–Kier alpha value is -1.14. The molecule has 0 saturated carbocycles. The Labute approximate surface area is 52.0 Å². The normalized spacial score (nSPS) is 4.11. The molecule has 7 N–H and O–H groups in total. The van der Waals surface area contributed by atoms with Crippen molar-refractivity contribution in [2.75, 3.05) is 0 Å². The number of hydrogen-bond acceptors (Lipinski definition) is 3. The van der Waals surface area contributed by atoms with Crippen molar-refractivity contribution in [2.45, 2.75) is 6.92 Å². The second kappa shape index (κ2) is 28.8. The van der Waals surface area contributed by atoms with Crippen molar-refractivity contribution >= 4 is 12.4 Å². The first kappa shape index (κ1) is 24.8. The van der Waals surface area contributed by atoms with Gasteiger partial charge in [-0.1, -0.05) is 0 Å². The predicted octanol–water partition coefficient (Wildman–Crippen LogP) is -1.99. The largest absolute Gasteiger partial charge is 0.550 e. The van der Waals surface area contributed by atoms with Gasteiger partial charge < -0.3 is 26.6 Å². The van der Waals surface area contributed by atoms with Crippen LogP contribution >= 0.6 is 0 Å². The van der Waals surface area contributed by atoms with Crippen LogP contribution in [-0.2, 0) is 9.59 Å². The minimum atomic E-state index is -1.08. The van der Waals surface area contributed by atoms with Crippen LogP contribution in [0.3, 0.4) is 0 Å². The van der Waals surface area contributed by atoms with Crippen molar-refractivity contribution in [2.24, 2.45) is 0 Å². The van der Waals surface area contributed by atoms with Crippen LogP contribution in [0.25, 0.3) is 0 Å². The summed E-state index contributed by atoms with van der Waals surface area (Å²) in [5, 5.41) is 15.8. The molecule has 0 spiro atoms. The molecule has 0 aliphatic rings. The molecule has 0 heterocycles. The Morgan fingerprint density at radius 3 is 1.67 bits per heavy atom. The Morgan fingerprint density at radius 1 is 1.67 bits per heavy atom. The van der Waals surface area contributed by atoms with Gasteiger partial charge in [0, 0.05) is 5.97 Å². The van der Waals surface area contributed by atoms with Gasteiger partial charge >= 0.3 is 0 Å². The second-order valence-electron chi connectivity index (χ2n) is 0.597. The standard InChI is InChI=1S/C2H4O2.CH2O2.H3N.H2O/c1-2(3)4;2-1-3;;/h1H3,(H,3,4);1H,(H,2,3);1H3;1H2. The first-order valence-corrected chi connectivity index (χ1v) is 1.40. The highest BCUT2D eigenvalue weighted by atomic mass is 16.4. The maximum absolute atomic E-state index is 8.89. The zero-order valence-electron chi connectivity index (χ0n) is 5.25. The van der Waals surface area contributed by atoms with Gasteiger partial charge in [0.25, 0.3) is 6.47 Å². The average molecular weight is 141 g/mol. The molecule has 9 heavy (non-hydrogen) atoms. The summed E-state index contributed by atoms with van der Waals surface area (Å²) in [6, 6.07) is 0. The molecule has 0 fully saturated rings. The SMILES string of the molecule is CC(=O)[O-].O.O=CO.[NH4+]. The maximum Gasteiger partial charge on any atom is 0.290 e. The van der Waals surface area contributed by atoms with E-state index in [4.69, 9.17) is 19.8 Å². The molecule has 0 bridgehead atoms. The van der Waals surface area contributed by atoms with Crippen LogP contribution < -0.4 is 11.3 Å². The Bertz CT molecular complexity index is 59.2. The van der Waals surface area contributed by atoms with Crippen molar-refractivity contribution in [3.8, 4) is 0 Å². The molecular weight excluding hydrogens is 130 g/mol. The summed E-state index contributed by atoms with van der Waals surface area (Å²) in [4.78, 5) is 17.2. The van der Waals surface area contributed by atoms with E-state index in [0.717, 1.165) is 6.92 Å². The van der Waals surface area contributed by atoms with E-state index in [1.807, 2.05) is 0 Å². The molecule has 0 aromatic heterocycles. The molecule has 0 aliphatic heterocycles. The molecule has 0 radical (unpaired) electrons. The molecule has 0 rings (SSSR count). The van der Waals surface area contributed by atoms with Gasteiger partial charge in [-0.25, -0.2) is 0 Å². The van der Waals surface area contributed by atoms with Gasteiger partial charge in [-0.3, -0.25) is 4.79 Å². The Morgan fingerprint density at radius 2 is 1.67 bits per heavy atom. The third-order valence-corrected chi connectivity index (χ3v) is 0. The maximum atomic E-state index is 8.89. The Kier molecular flexibility index (Phi) is 79.4. The molecule has 0 aromatic rings. The number of carbonyl (C=O) groups excluding carboxylic acids is 1. The molecular formula is C3H11NO5. The highest BCUT2D eigenvalue weighted by Gasteiger charge is 1.46. The van der Waals surface area contributed by atoms with E-state index in [9.17, 15) is 0 Å². The predicted molar refractivity (Wildman–Crippen MR) is 29.0 cm³/mol. The number of carboxylic acids is 1. The first-order valence-electron chi connectivity index (χ1n) is 1.40. The molecule has 6 nitrogen and oxygen atoms in total. The summed E-state index contributed by atoms with van der Waals surface area (Å²) in [5.41, 5.74) is 0. The topological polar surface area (TPSA) is 145 Å². The zero-order chi connectivity index (χ0) is 6.28. The minimum Gasteiger partial charge on any atom is -0.550 e. The van der Waals surface area contributed by atoms with Crippen molar-refractivity contribution in [3.63, 3.8) is 0 Å². The summed E-state index contributed by atoms with van der Waals surface area (Å²) in [5.74, 6) is -1.08. The van der Waals surface area contributed by atoms with Crippen LogP contribution in [0.4, 0.5) is 0 Å². The minimum absolute atomic E-state index is 0. The fourth-order valence-corrected chi connectivity index (χ4v) is 0. The van der Waals surface area contributed by atoms with Crippen LogP contribution in [0, 0.1) is 0 Å². The summed E-state index contributed by atoms with van der Waals surface area (Å²) in [6.07, 6.45) is 0. The lowest BCUT2D eigenvalue weighted by Gasteiger charge is -1.77. The van der Waals surface area contributed by atoms with E-state index < -0.39 is 5.97 Å². The number of aliphatic carboxylic acids is 1. The lowest BCUT2D eigenvalue weighted by Crippen LogP contribution is -2.16. The average Bonchev–Trinajstić information content (AvgIpc) is 1.33. The van der Waals surface area contributed by atoms with Gasteiger partial charge in [-0.2, -0.15) is 0 Å². The molecule has 0 saturated heterocycles. The lowest BCUT2D eigenvalue weighted by atomic mass is 10.9. The van der Waals surface area contributed by atoms with Gasteiger partial charge in [0.15, 0.2) is 0 Å². The van der Waals surface area contributed by atoms with E-state index in [2.05, 4.69) is 0 Å². The third kappa shape index (κ3) is 125. The van der Waals surface area contributed by atoms with Crippen LogP contribution in [0.15, 0.2) is 0 Å². The van der Waals surface area contributed by atoms with Gasteiger partial charge in [-0.15, -0.1) is 0 Å². The molecule has 6 heteroatoms. The van der Waals surface area contributed by atoms with Gasteiger partial charge in [-0.05, 0) is 6.92 Å². The molecule has 0 aliphatic carbocycles. The number of quaternary nitrogens is 1. The summed E-state index contributed by atoms with van der Waals surface area (Å²) in [7, 11) is 0. The monoisotopic (exact) mass is 141 g/mol. The fraction of sp³-hybridized carbons (Fsp3) is 0.333. The Balaban J connectivity index is -0.0000000233. The van der Waals surface area contributed by atoms with E-state index in [-0.39, 0.29) is 18.1 Å². The lowest BCUT2D eigenvalue weighted by molar-refractivity contribution is -0.302. The number of carbonyl (C=O) groups is 2. The van der Waals surface area contributed by atoms with Gasteiger partial charge in [0.1, 0.15) is 0 Å². The molecule has 0 amide bonds. The molecule has 58 valence electrons. The van der Waals surface area contributed by atoms with E-state index >= 15 is 0 Å². The highest BCUT2D eigenvalue weighted by molar-refractivity contribution is 5.60. The van der Waals surface area contributed by atoms with Crippen LogP contribution in [0.5, 0.6) is 0 Å². The van der Waals surface area contributed by atoms with Crippen LogP contribution in [0.2, 0.25) is 0 Å². The van der Waals surface area contributed by atoms with Crippen molar-refractivity contribution in [1.82, 2.24) is 6.15 Å². The summed E-state index contributed by atoms with van der Waals surface area (Å²) >= 11 is 0. The second-order valence-corrected chi connectivity index (χ2v) is 0.597. The van der Waals surface area contributed by atoms with Gasteiger partial charge in [0.05, 0.1) is 0 Å². The quantitative estimate of drug-likeness (QED) is 0.376. The number of carboxylic acid groups (broad SMARTS) is 2. The molecule has 0 aromatic carbocycles. The van der Waals surface area contributed by atoms with Crippen molar-refractivity contribution in [3.05, 3.63) is 0 Å². The first-order chi connectivity index (χ1) is 3.15. The smallest absolute Gasteiger partial charge is 0.290 e. The fourth-order valence-electron chi connectivity index (χ4n) is 0. The van der Waals surface area contributed by atoms with Crippen LogP contribution in [0.1, 0.15) is 6.92 Å².